The van der Waals surface area contributed by atoms with Crippen molar-refractivity contribution in [3.05, 3.63) is 36.2 Å². The molecule has 1 aliphatic heterocycles. The van der Waals surface area contributed by atoms with E-state index in [1.165, 1.54) is 0 Å². The lowest BCUT2D eigenvalue weighted by molar-refractivity contribution is -0.108. The highest BCUT2D eigenvalue weighted by Crippen LogP contribution is 2.03. The molecule has 0 fully saturated rings. The predicted molar refractivity (Wildman–Crippen MR) is 40.4 cm³/mol. The van der Waals surface area contributed by atoms with Gasteiger partial charge in [-0.25, -0.2) is 0 Å². The Labute approximate surface area is 63.9 Å². The lowest BCUT2D eigenvalue weighted by Crippen LogP contribution is -1.91. The molecule has 10 heavy (non-hydrogen) atoms. The van der Waals surface area contributed by atoms with Gasteiger partial charge >= 0.3 is 0 Å². The van der Waals surface area contributed by atoms with E-state index in [4.69, 9.17) is 11.6 Å². The van der Waals surface area contributed by atoms with E-state index >= 15 is 0 Å². The third-order valence-electron chi connectivity index (χ3n) is 1.05. The Hall–Kier alpha value is -1.02. The van der Waals surface area contributed by atoms with E-state index in [0.717, 1.165) is 0 Å². The minimum absolute atomic E-state index is 0.440. The molecule has 1 aliphatic rings. The molecule has 1 heterocycles. The maximum absolute atomic E-state index is 10.5. The Kier molecular flexibility index (Phi) is 2.29. The summed E-state index contributed by atoms with van der Waals surface area (Å²) in [5, 5.41) is 2.37. The van der Waals surface area contributed by atoms with Crippen LogP contribution in [0.5, 0.6) is 0 Å². The lowest BCUT2D eigenvalue weighted by Gasteiger charge is -1.87. The van der Waals surface area contributed by atoms with Gasteiger partial charge in [-0.15, -0.1) is 0 Å². The first-order chi connectivity index (χ1) is 4.80. The smallest absolute Gasteiger partial charge is 0.252 e. The molecule has 2 nitrogen and oxygen atoms in total. The largest absolute Gasteiger partial charge is 0.368 e. The quantitative estimate of drug-likeness (QED) is 0.579. The molecule has 0 radical (unpaired) electrons. The first-order valence-corrected chi connectivity index (χ1v) is 3.18. The van der Waals surface area contributed by atoms with Gasteiger partial charge in [-0.05, 0) is 29.8 Å². The van der Waals surface area contributed by atoms with Gasteiger partial charge in [0.25, 0.3) is 5.24 Å². The number of hydrogen-bond acceptors (Lipinski definition) is 2. The van der Waals surface area contributed by atoms with Crippen molar-refractivity contribution >= 4 is 16.8 Å². The van der Waals surface area contributed by atoms with Crippen LogP contribution >= 0.6 is 11.6 Å². The molecular weight excluding hydrogens is 150 g/mol. The van der Waals surface area contributed by atoms with Gasteiger partial charge in [0.1, 0.15) is 0 Å². The summed E-state index contributed by atoms with van der Waals surface area (Å²) < 4.78 is 0. The number of carbonyl (C=O) groups excluding carboxylic acids is 1. The summed E-state index contributed by atoms with van der Waals surface area (Å²) in [5.41, 5.74) is 0.489. The standard InChI is InChI=1S/C7H6ClNO/c8-7(10)6-2-1-4-9-5-3-6/h1-5,9H. The molecule has 0 saturated carbocycles. The van der Waals surface area contributed by atoms with Gasteiger partial charge in [0.15, 0.2) is 0 Å². The van der Waals surface area contributed by atoms with Gasteiger partial charge in [0, 0.05) is 18.0 Å². The summed E-state index contributed by atoms with van der Waals surface area (Å²) >= 11 is 5.21. The van der Waals surface area contributed by atoms with Crippen LogP contribution in [-0.4, -0.2) is 5.24 Å². The highest BCUT2D eigenvalue weighted by atomic mass is 35.5. The van der Waals surface area contributed by atoms with Gasteiger partial charge in [0.2, 0.25) is 0 Å². The Morgan fingerprint density at radius 2 is 2.30 bits per heavy atom. The Morgan fingerprint density at radius 3 is 3.00 bits per heavy atom. The Morgan fingerprint density at radius 1 is 1.50 bits per heavy atom. The predicted octanol–water partition coefficient (Wildman–Crippen LogP) is 1.31. The van der Waals surface area contributed by atoms with Crippen LogP contribution in [0.2, 0.25) is 0 Å². The SMILES string of the molecule is O=C(Cl)C1=CC=CNC=C1. The van der Waals surface area contributed by atoms with E-state index in [1.807, 2.05) is 0 Å². The topological polar surface area (TPSA) is 29.1 Å². The zero-order valence-corrected chi connectivity index (χ0v) is 5.93. The van der Waals surface area contributed by atoms with Crippen molar-refractivity contribution < 1.29 is 4.79 Å². The molecule has 0 aromatic heterocycles. The van der Waals surface area contributed by atoms with Gasteiger partial charge in [-0.2, -0.15) is 0 Å². The van der Waals surface area contributed by atoms with Crippen molar-refractivity contribution in [1.29, 1.82) is 0 Å². The molecule has 0 bridgehead atoms. The van der Waals surface area contributed by atoms with Gasteiger partial charge in [0.05, 0.1) is 0 Å². The molecule has 0 saturated heterocycles. The molecular formula is C7H6ClNO. The van der Waals surface area contributed by atoms with Crippen LogP contribution < -0.4 is 5.32 Å². The van der Waals surface area contributed by atoms with E-state index < -0.39 is 5.24 Å². The van der Waals surface area contributed by atoms with Gasteiger partial charge in [-0.1, -0.05) is 0 Å². The molecule has 0 unspecified atom stereocenters. The summed E-state index contributed by atoms with van der Waals surface area (Å²) in [5.74, 6) is 0. The first-order valence-electron chi connectivity index (χ1n) is 2.80. The average molecular weight is 156 g/mol. The zero-order valence-electron chi connectivity index (χ0n) is 5.17. The minimum atomic E-state index is -0.440. The average Bonchev–Trinajstić information content (AvgIpc) is 2.12. The summed E-state index contributed by atoms with van der Waals surface area (Å²) in [6.45, 7) is 0. The molecule has 1 N–H and O–H groups in total. The fourth-order valence-electron chi connectivity index (χ4n) is 0.587. The molecule has 1 rings (SSSR count). The van der Waals surface area contributed by atoms with Crippen LogP contribution in [0.3, 0.4) is 0 Å². The van der Waals surface area contributed by atoms with E-state index in [2.05, 4.69) is 5.32 Å². The molecule has 52 valence electrons. The first kappa shape index (κ1) is 7.09. The van der Waals surface area contributed by atoms with Crippen LogP contribution in [-0.2, 0) is 4.79 Å². The highest BCUT2D eigenvalue weighted by molar-refractivity contribution is 6.68. The fourth-order valence-corrected chi connectivity index (χ4v) is 0.713. The second-order valence-electron chi connectivity index (χ2n) is 1.75. The summed E-state index contributed by atoms with van der Waals surface area (Å²) in [4.78, 5) is 10.5. The van der Waals surface area contributed by atoms with E-state index in [0.29, 0.717) is 5.57 Å². The second kappa shape index (κ2) is 3.22. The maximum Gasteiger partial charge on any atom is 0.252 e. The number of carbonyl (C=O) groups is 1. The third kappa shape index (κ3) is 1.74. The maximum atomic E-state index is 10.5. The second-order valence-corrected chi connectivity index (χ2v) is 2.10. The summed E-state index contributed by atoms with van der Waals surface area (Å²) in [6.07, 6.45) is 8.34. The molecule has 0 aliphatic carbocycles. The minimum Gasteiger partial charge on any atom is -0.368 e. The van der Waals surface area contributed by atoms with Crippen molar-refractivity contribution in [2.75, 3.05) is 0 Å². The Bertz CT molecular complexity index is 228. The number of rotatable bonds is 1. The van der Waals surface area contributed by atoms with E-state index in [9.17, 15) is 4.79 Å². The molecule has 0 aromatic rings. The van der Waals surface area contributed by atoms with Crippen LogP contribution in [0.15, 0.2) is 36.2 Å². The van der Waals surface area contributed by atoms with Crippen molar-refractivity contribution in [1.82, 2.24) is 5.32 Å². The van der Waals surface area contributed by atoms with Crippen LogP contribution in [0, 0.1) is 0 Å². The monoisotopic (exact) mass is 155 g/mol. The summed E-state index contributed by atoms with van der Waals surface area (Å²) in [7, 11) is 0. The number of nitrogens with one attached hydrogen (secondary N) is 1. The van der Waals surface area contributed by atoms with Crippen molar-refractivity contribution in [2.24, 2.45) is 0 Å². The molecule has 0 atom stereocenters. The van der Waals surface area contributed by atoms with Crippen LogP contribution in [0.1, 0.15) is 0 Å². The van der Waals surface area contributed by atoms with E-state index in [-0.39, 0.29) is 0 Å². The van der Waals surface area contributed by atoms with Crippen molar-refractivity contribution in [2.45, 2.75) is 0 Å². The fraction of sp³-hybridized carbons (Fsp3) is 0. The third-order valence-corrected chi connectivity index (χ3v) is 1.27. The highest BCUT2D eigenvalue weighted by Gasteiger charge is 1.99. The van der Waals surface area contributed by atoms with Gasteiger partial charge in [-0.3, -0.25) is 4.79 Å². The molecule has 0 aromatic carbocycles. The van der Waals surface area contributed by atoms with Gasteiger partial charge < -0.3 is 5.32 Å². The van der Waals surface area contributed by atoms with E-state index in [1.54, 1.807) is 30.6 Å². The molecule has 3 heteroatoms. The lowest BCUT2D eigenvalue weighted by atomic mass is 10.3. The van der Waals surface area contributed by atoms with Crippen molar-refractivity contribution in [3.63, 3.8) is 0 Å². The Balaban J connectivity index is 2.83. The summed E-state index contributed by atoms with van der Waals surface area (Å²) in [6, 6.07) is 0. The van der Waals surface area contributed by atoms with Crippen LogP contribution in [0.25, 0.3) is 0 Å². The zero-order chi connectivity index (χ0) is 7.40. The number of allylic oxidation sites excluding steroid dienone is 4. The molecule has 0 amide bonds. The number of hydrogen-bond donors (Lipinski definition) is 1. The van der Waals surface area contributed by atoms with Crippen LogP contribution in [0.4, 0.5) is 0 Å². The van der Waals surface area contributed by atoms with Crippen molar-refractivity contribution in [3.8, 4) is 0 Å². The number of halogens is 1. The molecule has 0 spiro atoms. The normalized spacial score (nSPS) is 15.5.